The van der Waals surface area contributed by atoms with Gasteiger partial charge in [0, 0.05) is 47.6 Å². The van der Waals surface area contributed by atoms with E-state index in [2.05, 4.69) is 133 Å². The van der Waals surface area contributed by atoms with Gasteiger partial charge < -0.3 is 4.42 Å². The molecule has 5 heteroatoms. The van der Waals surface area contributed by atoms with Gasteiger partial charge in [-0.05, 0) is 69.4 Å². The second-order valence-electron chi connectivity index (χ2n) is 13.6. The number of hydrogen-bond acceptors (Lipinski definition) is 5. The Hall–Kier alpha value is -6.95. The predicted molar refractivity (Wildman–Crippen MR) is 225 cm³/mol. The topological polar surface area (TPSA) is 51.8 Å². The summed E-state index contributed by atoms with van der Waals surface area (Å²) in [6.45, 7) is 0. The zero-order valence-corrected chi connectivity index (χ0v) is 29.7. The Balaban J connectivity index is 1.10. The molecule has 0 aliphatic carbocycles. The van der Waals surface area contributed by atoms with Crippen LogP contribution in [0.3, 0.4) is 0 Å². The summed E-state index contributed by atoms with van der Waals surface area (Å²) in [6.07, 6.45) is 0. The number of nitrogens with zero attached hydrogens (tertiary/aromatic N) is 3. The SMILES string of the molecule is c1ccc(-c2ccc3c(c2)sc2cccc(-c4ccc5oc6cccc(-c7nc(-c8ccccc8)nc(-c8ccc9ccccc9c8)n7)c6c5c4)c23)cc1. The smallest absolute Gasteiger partial charge is 0.164 e. The summed E-state index contributed by atoms with van der Waals surface area (Å²) in [5.41, 5.74) is 9.17. The average molecular weight is 708 g/mol. The van der Waals surface area contributed by atoms with E-state index in [1.54, 1.807) is 0 Å². The highest BCUT2D eigenvalue weighted by atomic mass is 32.1. The number of benzene rings is 8. The van der Waals surface area contributed by atoms with Crippen LogP contribution in [0, 0.1) is 0 Å². The molecule has 0 unspecified atom stereocenters. The number of fused-ring (bicyclic) bond motifs is 7. The van der Waals surface area contributed by atoms with E-state index in [9.17, 15) is 0 Å². The first-order valence-electron chi connectivity index (χ1n) is 18.0. The molecule has 0 bridgehead atoms. The van der Waals surface area contributed by atoms with Gasteiger partial charge in [-0.25, -0.2) is 15.0 Å². The molecule has 3 aromatic heterocycles. The predicted octanol–water partition coefficient (Wildman–Crippen LogP) is 13.6. The Labute approximate surface area is 314 Å². The molecular formula is C49H29N3OS. The number of hydrogen-bond donors (Lipinski definition) is 0. The van der Waals surface area contributed by atoms with Crippen molar-refractivity contribution in [3.05, 3.63) is 176 Å². The summed E-state index contributed by atoms with van der Waals surface area (Å²) in [5.74, 6) is 1.85. The van der Waals surface area contributed by atoms with Crippen molar-refractivity contribution >= 4 is 64.2 Å². The first kappa shape index (κ1) is 30.7. The van der Waals surface area contributed by atoms with Crippen LogP contribution < -0.4 is 0 Å². The Bertz CT molecular complexity index is 3220. The molecule has 0 amide bonds. The Kier molecular flexibility index (Phi) is 7.00. The summed E-state index contributed by atoms with van der Waals surface area (Å²) < 4.78 is 9.06. The molecule has 4 nitrogen and oxygen atoms in total. The van der Waals surface area contributed by atoms with Crippen LogP contribution in [0.25, 0.3) is 109 Å². The van der Waals surface area contributed by atoms with Crippen molar-refractivity contribution in [2.24, 2.45) is 0 Å². The van der Waals surface area contributed by atoms with Gasteiger partial charge in [-0.15, -0.1) is 11.3 Å². The van der Waals surface area contributed by atoms with Gasteiger partial charge in [0.2, 0.25) is 0 Å². The fourth-order valence-corrected chi connectivity index (χ4v) is 8.90. The highest BCUT2D eigenvalue weighted by Crippen LogP contribution is 2.44. The maximum atomic E-state index is 6.51. The van der Waals surface area contributed by atoms with Crippen molar-refractivity contribution < 1.29 is 4.42 Å². The fraction of sp³-hybridized carbons (Fsp3) is 0. The van der Waals surface area contributed by atoms with Crippen LogP contribution >= 0.6 is 11.3 Å². The lowest BCUT2D eigenvalue weighted by atomic mass is 9.96. The standard InChI is InChI=1S/C49H29N3OS/c1-3-11-30(12-4-1)34-23-25-38-44(29-34)54-43-20-10-17-37(46(38)43)35-24-26-41-40(28-35)45-39(18-9-19-42(45)53-41)49-51-47(32-14-5-2-6-15-32)50-48(52-49)36-22-21-31-13-7-8-16-33(31)27-36/h1-29H. The first-order valence-corrected chi connectivity index (χ1v) is 18.8. The molecule has 3 heterocycles. The van der Waals surface area contributed by atoms with Crippen LogP contribution in [-0.2, 0) is 0 Å². The third-order valence-corrected chi connectivity index (χ3v) is 11.4. The first-order chi connectivity index (χ1) is 26.7. The molecule has 0 radical (unpaired) electrons. The largest absolute Gasteiger partial charge is 0.456 e. The van der Waals surface area contributed by atoms with Gasteiger partial charge in [0.1, 0.15) is 11.2 Å². The molecule has 8 aromatic carbocycles. The van der Waals surface area contributed by atoms with E-state index in [1.807, 2.05) is 53.8 Å². The van der Waals surface area contributed by atoms with Gasteiger partial charge in [0.15, 0.2) is 17.5 Å². The van der Waals surface area contributed by atoms with Gasteiger partial charge in [0.05, 0.1) is 0 Å². The minimum absolute atomic E-state index is 0.603. The van der Waals surface area contributed by atoms with E-state index in [-0.39, 0.29) is 0 Å². The molecule has 11 rings (SSSR count). The zero-order chi connectivity index (χ0) is 35.6. The Morgan fingerprint density at radius 1 is 0.352 bits per heavy atom. The molecule has 0 saturated heterocycles. The average Bonchev–Trinajstić information content (AvgIpc) is 3.82. The fourth-order valence-electron chi connectivity index (χ4n) is 7.73. The molecule has 11 aromatic rings. The second kappa shape index (κ2) is 12.3. The Morgan fingerprint density at radius 2 is 1.04 bits per heavy atom. The lowest BCUT2D eigenvalue weighted by molar-refractivity contribution is 0.669. The molecule has 0 aliphatic heterocycles. The van der Waals surface area contributed by atoms with Crippen LogP contribution in [0.15, 0.2) is 180 Å². The number of furan rings is 1. The van der Waals surface area contributed by atoms with Crippen LogP contribution in [0.4, 0.5) is 0 Å². The van der Waals surface area contributed by atoms with Gasteiger partial charge in [0.25, 0.3) is 0 Å². The maximum Gasteiger partial charge on any atom is 0.164 e. The quantitative estimate of drug-likeness (QED) is 0.179. The summed E-state index contributed by atoms with van der Waals surface area (Å²) >= 11 is 1.85. The molecule has 0 atom stereocenters. The van der Waals surface area contributed by atoms with E-state index in [4.69, 9.17) is 19.4 Å². The van der Waals surface area contributed by atoms with Crippen LogP contribution in [0.1, 0.15) is 0 Å². The van der Waals surface area contributed by atoms with E-state index in [1.165, 1.54) is 42.2 Å². The number of thiophene rings is 1. The molecular weight excluding hydrogens is 679 g/mol. The molecule has 54 heavy (non-hydrogen) atoms. The minimum Gasteiger partial charge on any atom is -0.456 e. The minimum atomic E-state index is 0.603. The molecule has 0 saturated carbocycles. The summed E-state index contributed by atoms with van der Waals surface area (Å²) in [6, 6.07) is 61.6. The van der Waals surface area contributed by atoms with Gasteiger partial charge in [-0.1, -0.05) is 140 Å². The van der Waals surface area contributed by atoms with Gasteiger partial charge in [-0.3, -0.25) is 0 Å². The molecule has 0 N–H and O–H groups in total. The summed E-state index contributed by atoms with van der Waals surface area (Å²) in [7, 11) is 0. The van der Waals surface area contributed by atoms with Crippen molar-refractivity contribution in [1.29, 1.82) is 0 Å². The Morgan fingerprint density at radius 3 is 1.89 bits per heavy atom. The number of aromatic nitrogens is 3. The van der Waals surface area contributed by atoms with Crippen molar-refractivity contribution in [2.45, 2.75) is 0 Å². The third kappa shape index (κ3) is 5.09. The van der Waals surface area contributed by atoms with Crippen molar-refractivity contribution in [3.63, 3.8) is 0 Å². The van der Waals surface area contributed by atoms with E-state index < -0.39 is 0 Å². The normalized spacial score (nSPS) is 11.7. The molecule has 0 spiro atoms. The van der Waals surface area contributed by atoms with E-state index in [0.717, 1.165) is 49.6 Å². The van der Waals surface area contributed by atoms with Gasteiger partial charge >= 0.3 is 0 Å². The van der Waals surface area contributed by atoms with Crippen molar-refractivity contribution in [3.8, 4) is 56.4 Å². The lowest BCUT2D eigenvalue weighted by Gasteiger charge is -2.10. The molecule has 0 aliphatic rings. The zero-order valence-electron chi connectivity index (χ0n) is 28.9. The summed E-state index contributed by atoms with van der Waals surface area (Å²) in [5, 5.41) is 6.86. The number of rotatable bonds is 5. The van der Waals surface area contributed by atoms with Crippen molar-refractivity contribution in [1.82, 2.24) is 15.0 Å². The highest BCUT2D eigenvalue weighted by molar-refractivity contribution is 7.26. The van der Waals surface area contributed by atoms with Crippen LogP contribution in [-0.4, -0.2) is 15.0 Å². The van der Waals surface area contributed by atoms with Crippen LogP contribution in [0.5, 0.6) is 0 Å². The lowest BCUT2D eigenvalue weighted by Crippen LogP contribution is -2.00. The summed E-state index contributed by atoms with van der Waals surface area (Å²) in [4.78, 5) is 15.3. The van der Waals surface area contributed by atoms with E-state index >= 15 is 0 Å². The molecule has 252 valence electrons. The maximum absolute atomic E-state index is 6.51. The van der Waals surface area contributed by atoms with Crippen molar-refractivity contribution in [2.75, 3.05) is 0 Å². The van der Waals surface area contributed by atoms with Gasteiger partial charge in [-0.2, -0.15) is 0 Å². The monoisotopic (exact) mass is 707 g/mol. The van der Waals surface area contributed by atoms with E-state index in [0.29, 0.717) is 17.5 Å². The second-order valence-corrected chi connectivity index (χ2v) is 14.7. The van der Waals surface area contributed by atoms with Crippen LogP contribution in [0.2, 0.25) is 0 Å². The highest BCUT2D eigenvalue weighted by Gasteiger charge is 2.19. The third-order valence-electron chi connectivity index (χ3n) is 10.3. The molecule has 0 fully saturated rings.